The van der Waals surface area contributed by atoms with Gasteiger partial charge in [-0.1, -0.05) is 6.07 Å². The van der Waals surface area contributed by atoms with Gasteiger partial charge in [-0.15, -0.1) is 11.8 Å². The predicted octanol–water partition coefficient (Wildman–Crippen LogP) is 1.96. The molecule has 1 aromatic carbocycles. The first-order valence-electron chi connectivity index (χ1n) is 7.63. The summed E-state index contributed by atoms with van der Waals surface area (Å²) in [5.41, 5.74) is 1.97. The average Bonchev–Trinajstić information content (AvgIpc) is 3.03. The Balaban J connectivity index is 1.54. The Bertz CT molecular complexity index is 585. The van der Waals surface area contributed by atoms with Crippen molar-refractivity contribution in [2.45, 2.75) is 42.4 Å². The first-order valence-corrected chi connectivity index (χ1v) is 8.51. The Labute approximate surface area is 134 Å². The Morgan fingerprint density at radius 1 is 1.50 bits per heavy atom. The first-order chi connectivity index (χ1) is 10.6. The molecule has 1 saturated heterocycles. The smallest absolute Gasteiger partial charge is 0.249 e. The molecule has 22 heavy (non-hydrogen) atoms. The highest BCUT2D eigenvalue weighted by atomic mass is 32.2. The van der Waals surface area contributed by atoms with Gasteiger partial charge in [-0.2, -0.15) is 0 Å². The van der Waals surface area contributed by atoms with Crippen LogP contribution in [-0.4, -0.2) is 36.3 Å². The van der Waals surface area contributed by atoms with Crippen molar-refractivity contribution in [3.8, 4) is 0 Å². The Hall–Kier alpha value is -1.53. The van der Waals surface area contributed by atoms with Crippen molar-refractivity contribution in [3.63, 3.8) is 0 Å². The Kier molecular flexibility index (Phi) is 4.69. The number of rotatable bonds is 4. The maximum atomic E-state index is 11.9. The molecule has 0 radical (unpaired) electrons. The van der Waals surface area contributed by atoms with E-state index in [0.29, 0.717) is 13.2 Å². The van der Waals surface area contributed by atoms with E-state index in [-0.39, 0.29) is 23.2 Å². The van der Waals surface area contributed by atoms with Gasteiger partial charge in [-0.05, 0) is 43.9 Å². The van der Waals surface area contributed by atoms with E-state index in [4.69, 9.17) is 4.74 Å². The van der Waals surface area contributed by atoms with E-state index in [1.54, 1.807) is 11.8 Å². The highest BCUT2D eigenvalue weighted by molar-refractivity contribution is 8.00. The second-order valence-corrected chi connectivity index (χ2v) is 7.01. The summed E-state index contributed by atoms with van der Waals surface area (Å²) in [5.74, 6) is 0.0227. The van der Waals surface area contributed by atoms with Crippen LogP contribution in [0.1, 0.15) is 25.3 Å². The molecule has 0 spiro atoms. The standard InChI is InChI=1S/C16H20N2O3S/c1-10-15(19)18-12-9-11(4-5-14(12)22-10)6-7-17-16(20)13-3-2-8-21-13/h4-5,9-10,13H,2-3,6-8H2,1H3,(H,17,20)(H,18,19). The second-order valence-electron chi connectivity index (χ2n) is 5.62. The fourth-order valence-electron chi connectivity index (χ4n) is 2.64. The summed E-state index contributed by atoms with van der Waals surface area (Å²) < 4.78 is 5.35. The van der Waals surface area contributed by atoms with Gasteiger partial charge >= 0.3 is 0 Å². The van der Waals surface area contributed by atoms with E-state index in [1.807, 2.05) is 25.1 Å². The van der Waals surface area contributed by atoms with Gasteiger partial charge < -0.3 is 15.4 Å². The topological polar surface area (TPSA) is 67.4 Å². The van der Waals surface area contributed by atoms with Crippen LogP contribution in [-0.2, 0) is 20.7 Å². The van der Waals surface area contributed by atoms with Crippen molar-refractivity contribution >= 4 is 29.3 Å². The summed E-state index contributed by atoms with van der Waals surface area (Å²) in [5, 5.41) is 5.79. The summed E-state index contributed by atoms with van der Waals surface area (Å²) >= 11 is 1.58. The molecule has 6 heteroatoms. The second kappa shape index (κ2) is 6.71. The van der Waals surface area contributed by atoms with E-state index >= 15 is 0 Å². The third-order valence-corrected chi connectivity index (χ3v) is 5.09. The number of hydrogen-bond acceptors (Lipinski definition) is 4. The molecule has 0 saturated carbocycles. The average molecular weight is 320 g/mol. The van der Waals surface area contributed by atoms with Crippen LogP contribution in [0.2, 0.25) is 0 Å². The Morgan fingerprint density at radius 2 is 2.36 bits per heavy atom. The normalized spacial score (nSPS) is 23.8. The minimum atomic E-state index is -0.277. The SMILES string of the molecule is CC1Sc2ccc(CCNC(=O)C3CCCO3)cc2NC1=O. The molecule has 2 heterocycles. The van der Waals surface area contributed by atoms with E-state index in [1.165, 1.54) is 0 Å². The number of amides is 2. The molecule has 1 fully saturated rings. The molecule has 0 aromatic heterocycles. The van der Waals surface area contributed by atoms with Crippen LogP contribution in [0.5, 0.6) is 0 Å². The number of thioether (sulfide) groups is 1. The molecule has 0 bridgehead atoms. The van der Waals surface area contributed by atoms with Crippen LogP contribution in [0.4, 0.5) is 5.69 Å². The maximum Gasteiger partial charge on any atom is 0.249 e. The first kappa shape index (κ1) is 15.4. The molecule has 2 aliphatic heterocycles. The molecule has 118 valence electrons. The van der Waals surface area contributed by atoms with Gasteiger partial charge in [0.1, 0.15) is 6.10 Å². The van der Waals surface area contributed by atoms with Gasteiger partial charge in [0.25, 0.3) is 0 Å². The van der Waals surface area contributed by atoms with Crippen molar-refractivity contribution in [2.24, 2.45) is 0 Å². The summed E-state index contributed by atoms with van der Waals surface area (Å²) in [7, 11) is 0. The van der Waals surface area contributed by atoms with Crippen LogP contribution < -0.4 is 10.6 Å². The lowest BCUT2D eigenvalue weighted by Gasteiger charge is -2.22. The monoisotopic (exact) mass is 320 g/mol. The molecule has 2 unspecified atom stereocenters. The molecule has 3 rings (SSSR count). The molecular formula is C16H20N2O3S. The highest BCUT2D eigenvalue weighted by Gasteiger charge is 2.24. The van der Waals surface area contributed by atoms with E-state index in [2.05, 4.69) is 10.6 Å². The van der Waals surface area contributed by atoms with Crippen molar-refractivity contribution in [1.29, 1.82) is 0 Å². The minimum absolute atomic E-state index is 0.0202. The van der Waals surface area contributed by atoms with Gasteiger partial charge in [0.2, 0.25) is 11.8 Å². The number of carbonyl (C=O) groups is 2. The highest BCUT2D eigenvalue weighted by Crippen LogP contribution is 2.35. The number of hydrogen-bond donors (Lipinski definition) is 2. The number of carbonyl (C=O) groups excluding carboxylic acids is 2. The number of benzene rings is 1. The molecule has 2 N–H and O–H groups in total. The minimum Gasteiger partial charge on any atom is -0.368 e. The maximum absolute atomic E-state index is 11.9. The number of ether oxygens (including phenoxy) is 1. The molecule has 2 atom stereocenters. The fraction of sp³-hybridized carbons (Fsp3) is 0.500. The molecule has 2 aliphatic rings. The van der Waals surface area contributed by atoms with Gasteiger partial charge in [0.05, 0.1) is 10.9 Å². The van der Waals surface area contributed by atoms with Crippen LogP contribution in [0.15, 0.2) is 23.1 Å². The summed E-state index contributed by atoms with van der Waals surface area (Å²) in [4.78, 5) is 24.7. The molecule has 5 nitrogen and oxygen atoms in total. The van der Waals surface area contributed by atoms with Crippen molar-refractivity contribution < 1.29 is 14.3 Å². The molecule has 0 aliphatic carbocycles. The van der Waals surface area contributed by atoms with Crippen LogP contribution in [0.3, 0.4) is 0 Å². The third-order valence-electron chi connectivity index (χ3n) is 3.91. The van der Waals surface area contributed by atoms with Gasteiger partial charge in [0, 0.05) is 18.0 Å². The zero-order valence-electron chi connectivity index (χ0n) is 12.6. The van der Waals surface area contributed by atoms with E-state index < -0.39 is 0 Å². The van der Waals surface area contributed by atoms with Crippen LogP contribution in [0.25, 0.3) is 0 Å². The van der Waals surface area contributed by atoms with Crippen molar-refractivity contribution in [2.75, 3.05) is 18.5 Å². The van der Waals surface area contributed by atoms with Crippen molar-refractivity contribution in [3.05, 3.63) is 23.8 Å². The van der Waals surface area contributed by atoms with Gasteiger partial charge in [-0.3, -0.25) is 9.59 Å². The fourth-order valence-corrected chi connectivity index (χ4v) is 3.57. The molecular weight excluding hydrogens is 300 g/mol. The largest absolute Gasteiger partial charge is 0.368 e. The lowest BCUT2D eigenvalue weighted by molar-refractivity contribution is -0.130. The quantitative estimate of drug-likeness (QED) is 0.890. The predicted molar refractivity (Wildman–Crippen MR) is 86.1 cm³/mol. The molecule has 1 aromatic rings. The summed E-state index contributed by atoms with van der Waals surface area (Å²) in [6.45, 7) is 3.16. The number of anilines is 1. The van der Waals surface area contributed by atoms with Gasteiger partial charge in [0.15, 0.2) is 0 Å². The Morgan fingerprint density at radius 3 is 3.14 bits per heavy atom. The van der Waals surface area contributed by atoms with Gasteiger partial charge in [-0.25, -0.2) is 0 Å². The number of fused-ring (bicyclic) bond motifs is 1. The van der Waals surface area contributed by atoms with Crippen molar-refractivity contribution in [1.82, 2.24) is 5.32 Å². The summed E-state index contributed by atoms with van der Waals surface area (Å²) in [6.07, 6.45) is 2.23. The molecule has 2 amide bonds. The zero-order chi connectivity index (χ0) is 15.5. The lowest BCUT2D eigenvalue weighted by atomic mass is 10.1. The number of nitrogens with one attached hydrogen (secondary N) is 2. The zero-order valence-corrected chi connectivity index (χ0v) is 13.4. The van der Waals surface area contributed by atoms with Crippen LogP contribution >= 0.6 is 11.8 Å². The third kappa shape index (κ3) is 3.44. The van der Waals surface area contributed by atoms with Crippen LogP contribution in [0, 0.1) is 0 Å². The van der Waals surface area contributed by atoms with E-state index in [9.17, 15) is 9.59 Å². The summed E-state index contributed by atoms with van der Waals surface area (Å²) in [6, 6.07) is 6.08. The van der Waals surface area contributed by atoms with E-state index in [0.717, 1.165) is 35.4 Å². The lowest BCUT2D eigenvalue weighted by Crippen LogP contribution is -2.35.